The summed E-state index contributed by atoms with van der Waals surface area (Å²) in [5, 5.41) is 0. The van der Waals surface area contributed by atoms with Crippen molar-refractivity contribution in [3.05, 3.63) is 35.5 Å². The quantitative estimate of drug-likeness (QED) is 0.422. The van der Waals surface area contributed by atoms with Gasteiger partial charge in [0.15, 0.2) is 5.78 Å². The molecule has 0 heterocycles. The van der Waals surface area contributed by atoms with Gasteiger partial charge in [0, 0.05) is 11.0 Å². The van der Waals surface area contributed by atoms with Gasteiger partial charge in [-0.1, -0.05) is 30.7 Å². The van der Waals surface area contributed by atoms with E-state index in [1.807, 2.05) is 13.0 Å². The minimum atomic E-state index is -0.0503. The SMILES string of the molecule is C/C=C1/C(=O)C=C(C)C12C=CC(C)C2. The molecule has 2 atom stereocenters. The van der Waals surface area contributed by atoms with Gasteiger partial charge in [0.25, 0.3) is 0 Å². The molecule has 0 aromatic heterocycles. The fourth-order valence-electron chi connectivity index (χ4n) is 2.70. The maximum absolute atomic E-state index is 11.7. The molecule has 0 radical (unpaired) electrons. The van der Waals surface area contributed by atoms with E-state index in [1.165, 1.54) is 5.57 Å². The summed E-state index contributed by atoms with van der Waals surface area (Å²) in [4.78, 5) is 11.7. The van der Waals surface area contributed by atoms with Gasteiger partial charge in [-0.25, -0.2) is 0 Å². The van der Waals surface area contributed by atoms with Crippen molar-refractivity contribution in [1.82, 2.24) is 0 Å². The first-order valence-electron chi connectivity index (χ1n) is 5.19. The number of carbonyl (C=O) groups is 1. The third-order valence-corrected chi connectivity index (χ3v) is 3.44. The van der Waals surface area contributed by atoms with Crippen molar-refractivity contribution in [3.8, 4) is 0 Å². The minimum absolute atomic E-state index is 0.0503. The van der Waals surface area contributed by atoms with Gasteiger partial charge < -0.3 is 0 Å². The Bertz CT molecular complexity index is 371. The summed E-state index contributed by atoms with van der Waals surface area (Å²) >= 11 is 0. The van der Waals surface area contributed by atoms with Gasteiger partial charge in [-0.3, -0.25) is 4.79 Å². The molecule has 1 nitrogen and oxygen atoms in total. The summed E-state index contributed by atoms with van der Waals surface area (Å²) in [5.41, 5.74) is 2.12. The third-order valence-electron chi connectivity index (χ3n) is 3.44. The van der Waals surface area contributed by atoms with E-state index < -0.39 is 0 Å². The largest absolute Gasteiger partial charge is 0.290 e. The van der Waals surface area contributed by atoms with E-state index in [0.29, 0.717) is 5.92 Å². The van der Waals surface area contributed by atoms with E-state index in [0.717, 1.165) is 12.0 Å². The van der Waals surface area contributed by atoms with Gasteiger partial charge in [0.05, 0.1) is 0 Å². The van der Waals surface area contributed by atoms with Crippen molar-refractivity contribution in [1.29, 1.82) is 0 Å². The zero-order chi connectivity index (χ0) is 10.3. The molecule has 1 heteroatoms. The monoisotopic (exact) mass is 188 g/mol. The Labute approximate surface area is 85.2 Å². The Morgan fingerprint density at radius 3 is 2.79 bits per heavy atom. The Morgan fingerprint density at radius 2 is 2.29 bits per heavy atom. The Hall–Kier alpha value is -1.11. The fraction of sp³-hybridized carbons (Fsp3) is 0.462. The van der Waals surface area contributed by atoms with Crippen LogP contribution in [0.1, 0.15) is 27.2 Å². The number of hydrogen-bond donors (Lipinski definition) is 0. The predicted molar refractivity (Wildman–Crippen MR) is 57.9 cm³/mol. The molecule has 0 fully saturated rings. The van der Waals surface area contributed by atoms with Gasteiger partial charge in [-0.15, -0.1) is 0 Å². The molecule has 0 saturated carbocycles. The van der Waals surface area contributed by atoms with Crippen molar-refractivity contribution >= 4 is 5.78 Å². The van der Waals surface area contributed by atoms with Crippen LogP contribution in [-0.4, -0.2) is 5.78 Å². The maximum atomic E-state index is 11.7. The molecule has 0 saturated heterocycles. The maximum Gasteiger partial charge on any atom is 0.182 e. The third kappa shape index (κ3) is 1.05. The zero-order valence-electron chi connectivity index (χ0n) is 9.00. The lowest BCUT2D eigenvalue weighted by atomic mass is 9.76. The number of rotatable bonds is 0. The van der Waals surface area contributed by atoms with Crippen LogP contribution in [0.4, 0.5) is 0 Å². The van der Waals surface area contributed by atoms with Crippen molar-refractivity contribution in [2.45, 2.75) is 27.2 Å². The lowest BCUT2D eigenvalue weighted by Gasteiger charge is -2.26. The highest BCUT2D eigenvalue weighted by atomic mass is 16.1. The van der Waals surface area contributed by atoms with Crippen LogP contribution in [0.15, 0.2) is 35.5 Å². The van der Waals surface area contributed by atoms with Crippen LogP contribution in [0.5, 0.6) is 0 Å². The zero-order valence-corrected chi connectivity index (χ0v) is 9.00. The van der Waals surface area contributed by atoms with Crippen molar-refractivity contribution in [3.63, 3.8) is 0 Å². The van der Waals surface area contributed by atoms with Gasteiger partial charge in [0.1, 0.15) is 0 Å². The molecule has 0 bridgehead atoms. The molecule has 74 valence electrons. The van der Waals surface area contributed by atoms with E-state index >= 15 is 0 Å². The van der Waals surface area contributed by atoms with E-state index in [1.54, 1.807) is 6.08 Å². The van der Waals surface area contributed by atoms with Crippen molar-refractivity contribution in [2.24, 2.45) is 11.3 Å². The summed E-state index contributed by atoms with van der Waals surface area (Å²) in [6, 6.07) is 0. The average molecular weight is 188 g/mol. The molecule has 1 spiro atoms. The molecule has 0 aromatic carbocycles. The van der Waals surface area contributed by atoms with Crippen LogP contribution >= 0.6 is 0 Å². The standard InChI is InChI=1S/C13H16O/c1-4-11-12(14)7-10(3)13(11)6-5-9(2)8-13/h4-7,9H,8H2,1-3H3/b11-4-. The van der Waals surface area contributed by atoms with Crippen LogP contribution in [-0.2, 0) is 4.79 Å². The number of carbonyl (C=O) groups excluding carboxylic acids is 1. The second-order valence-electron chi connectivity index (χ2n) is 4.41. The topological polar surface area (TPSA) is 17.1 Å². The van der Waals surface area contributed by atoms with Crippen molar-refractivity contribution < 1.29 is 4.79 Å². The summed E-state index contributed by atoms with van der Waals surface area (Å²) in [5.74, 6) is 0.781. The number of hydrogen-bond acceptors (Lipinski definition) is 1. The normalized spacial score (nSPS) is 38.8. The molecule has 2 aliphatic rings. The van der Waals surface area contributed by atoms with Crippen LogP contribution in [0.2, 0.25) is 0 Å². The van der Waals surface area contributed by atoms with E-state index in [-0.39, 0.29) is 11.2 Å². The van der Waals surface area contributed by atoms with Gasteiger partial charge in [-0.05, 0) is 32.3 Å². The van der Waals surface area contributed by atoms with Crippen LogP contribution < -0.4 is 0 Å². The molecule has 0 N–H and O–H groups in total. The number of allylic oxidation sites excluding steroid dienone is 6. The molecule has 0 amide bonds. The smallest absolute Gasteiger partial charge is 0.182 e. The first kappa shape index (κ1) is 9.45. The Balaban J connectivity index is 2.50. The molecule has 0 aliphatic heterocycles. The highest BCUT2D eigenvalue weighted by Gasteiger charge is 2.44. The summed E-state index contributed by atoms with van der Waals surface area (Å²) in [6.45, 7) is 6.23. The van der Waals surface area contributed by atoms with Crippen molar-refractivity contribution in [2.75, 3.05) is 0 Å². The van der Waals surface area contributed by atoms with Crippen LogP contribution in [0.3, 0.4) is 0 Å². The second-order valence-corrected chi connectivity index (χ2v) is 4.41. The van der Waals surface area contributed by atoms with E-state index in [4.69, 9.17) is 0 Å². The van der Waals surface area contributed by atoms with Crippen LogP contribution in [0.25, 0.3) is 0 Å². The molecular weight excluding hydrogens is 172 g/mol. The van der Waals surface area contributed by atoms with Gasteiger partial charge >= 0.3 is 0 Å². The first-order chi connectivity index (χ1) is 6.60. The fourth-order valence-corrected chi connectivity index (χ4v) is 2.70. The van der Waals surface area contributed by atoms with Gasteiger partial charge in [-0.2, -0.15) is 0 Å². The first-order valence-corrected chi connectivity index (χ1v) is 5.19. The lowest BCUT2D eigenvalue weighted by molar-refractivity contribution is -0.111. The van der Waals surface area contributed by atoms with Gasteiger partial charge in [0.2, 0.25) is 0 Å². The summed E-state index contributed by atoms with van der Waals surface area (Å²) in [6.07, 6.45) is 9.25. The molecule has 2 unspecified atom stereocenters. The van der Waals surface area contributed by atoms with E-state index in [2.05, 4.69) is 26.0 Å². The molecular formula is C13H16O. The lowest BCUT2D eigenvalue weighted by Crippen LogP contribution is -2.19. The summed E-state index contributed by atoms with van der Waals surface area (Å²) < 4.78 is 0. The van der Waals surface area contributed by atoms with E-state index in [9.17, 15) is 4.79 Å². The number of ketones is 1. The molecule has 14 heavy (non-hydrogen) atoms. The average Bonchev–Trinajstić information content (AvgIpc) is 2.59. The molecule has 2 aliphatic carbocycles. The molecule has 0 aromatic rings. The minimum Gasteiger partial charge on any atom is -0.290 e. The second kappa shape index (κ2) is 2.94. The predicted octanol–water partition coefficient (Wildman–Crippen LogP) is 3.04. The highest BCUT2D eigenvalue weighted by Crippen LogP contribution is 2.51. The Morgan fingerprint density at radius 1 is 1.57 bits per heavy atom. The summed E-state index contributed by atoms with van der Waals surface area (Å²) in [7, 11) is 0. The highest BCUT2D eigenvalue weighted by molar-refractivity contribution is 6.09. The Kier molecular flexibility index (Phi) is 1.99. The van der Waals surface area contributed by atoms with Crippen LogP contribution in [0, 0.1) is 11.3 Å². The molecule has 2 rings (SSSR count).